The van der Waals surface area contributed by atoms with Gasteiger partial charge in [0.25, 0.3) is 5.91 Å². The van der Waals surface area contributed by atoms with Gasteiger partial charge in [0.1, 0.15) is 5.69 Å². The molecule has 19 heavy (non-hydrogen) atoms. The van der Waals surface area contributed by atoms with Gasteiger partial charge in [0.05, 0.1) is 0 Å². The Labute approximate surface area is 119 Å². The lowest BCUT2D eigenvalue weighted by Crippen LogP contribution is -2.40. The fourth-order valence-electron chi connectivity index (χ4n) is 2.17. The van der Waals surface area contributed by atoms with Crippen molar-refractivity contribution in [1.29, 1.82) is 0 Å². The van der Waals surface area contributed by atoms with E-state index >= 15 is 0 Å². The Morgan fingerprint density at radius 1 is 1.53 bits per heavy atom. The molecule has 5 heteroatoms. The van der Waals surface area contributed by atoms with E-state index in [9.17, 15) is 4.79 Å². The molecular formula is C14H21N3OS. The predicted octanol–water partition coefficient (Wildman–Crippen LogP) is 2.48. The number of rotatable bonds is 5. The maximum atomic E-state index is 11.9. The summed E-state index contributed by atoms with van der Waals surface area (Å²) in [6.45, 7) is 0.952. The van der Waals surface area contributed by atoms with Crippen LogP contribution in [0.4, 0.5) is 5.69 Å². The third-order valence-electron chi connectivity index (χ3n) is 3.70. The number of thioether (sulfide) groups is 1. The molecule has 0 atom stereocenters. The molecule has 0 aromatic carbocycles. The van der Waals surface area contributed by atoms with Crippen molar-refractivity contribution in [1.82, 2.24) is 9.88 Å². The van der Waals surface area contributed by atoms with Crippen molar-refractivity contribution in [2.24, 2.45) is 0 Å². The molecule has 104 valence electrons. The highest BCUT2D eigenvalue weighted by molar-refractivity contribution is 8.00. The molecule has 1 saturated carbocycles. The first-order chi connectivity index (χ1) is 9.06. The second-order valence-electron chi connectivity index (χ2n) is 5.22. The van der Waals surface area contributed by atoms with Crippen LogP contribution < -0.4 is 5.32 Å². The molecule has 0 radical (unpaired) electrons. The number of amides is 1. The second-order valence-corrected chi connectivity index (χ2v) is 6.50. The van der Waals surface area contributed by atoms with E-state index < -0.39 is 0 Å². The molecule has 0 bridgehead atoms. The van der Waals surface area contributed by atoms with Crippen molar-refractivity contribution >= 4 is 23.4 Å². The fraction of sp³-hybridized carbons (Fsp3) is 0.571. The molecule has 1 aromatic rings. The van der Waals surface area contributed by atoms with Gasteiger partial charge in [-0.1, -0.05) is 6.42 Å². The third-order valence-corrected chi connectivity index (χ3v) is 5.12. The molecule has 1 N–H and O–H groups in total. The number of anilines is 1. The summed E-state index contributed by atoms with van der Waals surface area (Å²) in [6.07, 6.45) is 7.73. The standard InChI is InChI=1S/C14H21N3OS/c1-17(2)13(18)12-9-11(5-8-15-12)16-10-14(19-3)6-4-7-14/h5,8-9H,4,6-7,10H2,1-3H3,(H,15,16). The lowest BCUT2D eigenvalue weighted by atomic mass is 9.84. The van der Waals surface area contributed by atoms with Crippen LogP contribution in [0, 0.1) is 0 Å². The fourth-order valence-corrected chi connectivity index (χ4v) is 3.09. The zero-order valence-electron chi connectivity index (χ0n) is 11.8. The number of carbonyl (C=O) groups excluding carboxylic acids is 1. The number of pyridine rings is 1. The summed E-state index contributed by atoms with van der Waals surface area (Å²) in [6, 6.07) is 3.74. The van der Waals surface area contributed by atoms with Crippen LogP contribution in [0.3, 0.4) is 0 Å². The van der Waals surface area contributed by atoms with Gasteiger partial charge in [-0.15, -0.1) is 0 Å². The Morgan fingerprint density at radius 2 is 2.26 bits per heavy atom. The highest BCUT2D eigenvalue weighted by Crippen LogP contribution is 2.42. The molecule has 0 aliphatic heterocycles. The second kappa shape index (κ2) is 5.82. The van der Waals surface area contributed by atoms with Crippen molar-refractivity contribution in [3.63, 3.8) is 0 Å². The minimum absolute atomic E-state index is 0.0631. The highest BCUT2D eigenvalue weighted by Gasteiger charge is 2.35. The maximum absolute atomic E-state index is 11.9. The van der Waals surface area contributed by atoms with Crippen molar-refractivity contribution < 1.29 is 4.79 Å². The average Bonchev–Trinajstić information content (AvgIpc) is 2.37. The molecule has 4 nitrogen and oxygen atoms in total. The summed E-state index contributed by atoms with van der Waals surface area (Å²) < 4.78 is 0.384. The molecule has 1 aliphatic carbocycles. The molecule has 0 unspecified atom stereocenters. The Hall–Kier alpha value is -1.23. The van der Waals surface area contributed by atoms with Gasteiger partial charge in [-0.2, -0.15) is 11.8 Å². The van der Waals surface area contributed by atoms with E-state index in [2.05, 4.69) is 16.6 Å². The van der Waals surface area contributed by atoms with Crippen LogP contribution in [0.25, 0.3) is 0 Å². The van der Waals surface area contributed by atoms with Crippen molar-refractivity contribution in [3.05, 3.63) is 24.0 Å². The van der Waals surface area contributed by atoms with Crippen molar-refractivity contribution in [3.8, 4) is 0 Å². The van der Waals surface area contributed by atoms with Gasteiger partial charge in [-0.25, -0.2) is 0 Å². The van der Waals surface area contributed by atoms with E-state index in [0.29, 0.717) is 10.4 Å². The van der Waals surface area contributed by atoms with Gasteiger partial charge < -0.3 is 10.2 Å². The monoisotopic (exact) mass is 279 g/mol. The molecule has 1 aromatic heterocycles. The molecule has 0 spiro atoms. The molecule has 2 rings (SSSR count). The number of hydrogen-bond donors (Lipinski definition) is 1. The lowest BCUT2D eigenvalue weighted by molar-refractivity contribution is 0.0822. The molecule has 1 fully saturated rings. The summed E-state index contributed by atoms with van der Waals surface area (Å²) in [7, 11) is 3.47. The number of aromatic nitrogens is 1. The number of carbonyl (C=O) groups is 1. The van der Waals surface area contributed by atoms with Crippen LogP contribution in [-0.2, 0) is 0 Å². The summed E-state index contributed by atoms with van der Waals surface area (Å²) in [5.74, 6) is -0.0631. The molecule has 1 amide bonds. The van der Waals surface area contributed by atoms with E-state index in [-0.39, 0.29) is 5.91 Å². The molecule has 0 saturated heterocycles. The van der Waals surface area contributed by atoms with Gasteiger partial charge in [-0.05, 0) is 31.2 Å². The Bertz CT molecular complexity index is 452. The number of nitrogens with one attached hydrogen (secondary N) is 1. The van der Waals surface area contributed by atoms with Gasteiger partial charge >= 0.3 is 0 Å². The highest BCUT2D eigenvalue weighted by atomic mass is 32.2. The first-order valence-corrected chi connectivity index (χ1v) is 7.75. The number of hydrogen-bond acceptors (Lipinski definition) is 4. The van der Waals surface area contributed by atoms with Gasteiger partial charge in [0.15, 0.2) is 0 Å². The summed E-state index contributed by atoms with van der Waals surface area (Å²) in [4.78, 5) is 17.5. The van der Waals surface area contributed by atoms with E-state index in [1.54, 1.807) is 25.2 Å². The maximum Gasteiger partial charge on any atom is 0.272 e. The minimum Gasteiger partial charge on any atom is -0.384 e. The summed E-state index contributed by atoms with van der Waals surface area (Å²) in [5, 5.41) is 3.44. The first kappa shape index (κ1) is 14.2. The van der Waals surface area contributed by atoms with Crippen LogP contribution in [0.5, 0.6) is 0 Å². The Kier molecular flexibility index (Phi) is 4.34. The van der Waals surface area contributed by atoms with Crippen LogP contribution in [0.15, 0.2) is 18.3 Å². The number of nitrogens with zero attached hydrogens (tertiary/aromatic N) is 2. The van der Waals surface area contributed by atoms with Crippen LogP contribution >= 0.6 is 11.8 Å². The van der Waals surface area contributed by atoms with E-state index in [4.69, 9.17) is 0 Å². The lowest BCUT2D eigenvalue weighted by Gasteiger charge is -2.40. The largest absolute Gasteiger partial charge is 0.384 e. The topological polar surface area (TPSA) is 45.2 Å². The van der Waals surface area contributed by atoms with Crippen LogP contribution in [-0.4, -0.2) is 47.4 Å². The molecule has 1 heterocycles. The van der Waals surface area contributed by atoms with E-state index in [0.717, 1.165) is 12.2 Å². The van der Waals surface area contributed by atoms with Crippen molar-refractivity contribution in [2.75, 3.05) is 32.2 Å². The smallest absolute Gasteiger partial charge is 0.272 e. The van der Waals surface area contributed by atoms with E-state index in [1.165, 1.54) is 19.3 Å². The predicted molar refractivity (Wildman–Crippen MR) is 80.8 cm³/mol. The summed E-state index contributed by atoms with van der Waals surface area (Å²) in [5.41, 5.74) is 1.46. The van der Waals surface area contributed by atoms with Crippen LogP contribution in [0.1, 0.15) is 29.8 Å². The molecular weight excluding hydrogens is 258 g/mol. The first-order valence-electron chi connectivity index (χ1n) is 6.53. The quantitative estimate of drug-likeness (QED) is 0.899. The molecule has 1 aliphatic rings. The zero-order chi connectivity index (χ0) is 13.9. The van der Waals surface area contributed by atoms with Crippen LogP contribution in [0.2, 0.25) is 0 Å². The zero-order valence-corrected chi connectivity index (χ0v) is 12.6. The minimum atomic E-state index is -0.0631. The Morgan fingerprint density at radius 3 is 2.79 bits per heavy atom. The third kappa shape index (κ3) is 3.21. The normalized spacial score (nSPS) is 16.6. The van der Waals surface area contributed by atoms with Gasteiger partial charge in [0, 0.05) is 37.3 Å². The van der Waals surface area contributed by atoms with E-state index in [1.807, 2.05) is 23.9 Å². The average molecular weight is 279 g/mol. The van der Waals surface area contributed by atoms with Gasteiger partial charge in [-0.3, -0.25) is 9.78 Å². The SMILES string of the molecule is CSC1(CNc2ccnc(C(=O)N(C)C)c2)CCC1. The Balaban J connectivity index is 2.01. The van der Waals surface area contributed by atoms with Gasteiger partial charge in [0.2, 0.25) is 0 Å². The summed E-state index contributed by atoms with van der Waals surface area (Å²) >= 11 is 1.94. The van der Waals surface area contributed by atoms with Crippen molar-refractivity contribution in [2.45, 2.75) is 24.0 Å².